The Kier molecular flexibility index (Phi) is 15.7. The van der Waals surface area contributed by atoms with Crippen molar-refractivity contribution in [2.24, 2.45) is 0 Å². The lowest BCUT2D eigenvalue weighted by atomic mass is 10.2. The highest BCUT2D eigenvalue weighted by Crippen LogP contribution is 2.07. The van der Waals surface area contributed by atoms with Crippen molar-refractivity contribution in [1.29, 1.82) is 0 Å². The molecule has 0 aliphatic rings. The Labute approximate surface area is 190 Å². The van der Waals surface area contributed by atoms with Gasteiger partial charge >= 0.3 is 12.2 Å². The summed E-state index contributed by atoms with van der Waals surface area (Å²) < 4.78 is 10.1. The minimum Gasteiger partial charge on any atom is -0.444 e. The number of aryl methyl sites for hydroxylation is 1. The Balaban J connectivity index is 0.000000831. The maximum atomic E-state index is 11.4. The molecule has 0 aliphatic heterocycles. The SMILES string of the molecule is CC.CC(C)(C)OC(=O)NCCCCNC(=O)OCc1cncs1.Cc1ccccc1. The van der Waals surface area contributed by atoms with Gasteiger partial charge in [0.2, 0.25) is 0 Å². The maximum Gasteiger partial charge on any atom is 0.407 e. The van der Waals surface area contributed by atoms with E-state index in [9.17, 15) is 9.59 Å². The zero-order chi connectivity index (χ0) is 23.5. The van der Waals surface area contributed by atoms with E-state index in [1.807, 2.05) is 52.8 Å². The van der Waals surface area contributed by atoms with Crippen LogP contribution in [0, 0.1) is 6.92 Å². The molecule has 0 saturated carbocycles. The third-order valence-electron chi connectivity index (χ3n) is 3.31. The third-order valence-corrected chi connectivity index (χ3v) is 4.06. The molecule has 31 heavy (non-hydrogen) atoms. The van der Waals surface area contributed by atoms with Gasteiger partial charge in [-0.15, -0.1) is 11.3 Å². The third kappa shape index (κ3) is 17.9. The molecule has 2 N–H and O–H groups in total. The van der Waals surface area contributed by atoms with E-state index in [2.05, 4.69) is 34.7 Å². The Hall–Kier alpha value is -2.61. The number of rotatable bonds is 7. The number of unbranched alkanes of at least 4 members (excludes halogenated alkanes) is 1. The number of amides is 2. The highest BCUT2D eigenvalue weighted by atomic mass is 32.1. The molecule has 0 saturated heterocycles. The molecule has 0 radical (unpaired) electrons. The summed E-state index contributed by atoms with van der Waals surface area (Å²) in [4.78, 5) is 27.6. The maximum absolute atomic E-state index is 11.4. The van der Waals surface area contributed by atoms with Crippen LogP contribution >= 0.6 is 11.3 Å². The van der Waals surface area contributed by atoms with Gasteiger partial charge in [0.1, 0.15) is 12.2 Å². The molecule has 1 heterocycles. The number of ether oxygens (including phenoxy) is 2. The zero-order valence-corrected chi connectivity index (χ0v) is 20.4. The number of thiazole rings is 1. The molecule has 0 fully saturated rings. The van der Waals surface area contributed by atoms with Crippen LogP contribution in [-0.2, 0) is 16.1 Å². The van der Waals surface area contributed by atoms with Crippen LogP contribution in [0.3, 0.4) is 0 Å². The van der Waals surface area contributed by atoms with Gasteiger partial charge < -0.3 is 20.1 Å². The number of benzene rings is 1. The molecule has 0 aliphatic carbocycles. The minimum atomic E-state index is -0.493. The molecule has 0 atom stereocenters. The smallest absolute Gasteiger partial charge is 0.407 e. The number of carbonyl (C=O) groups excluding carboxylic acids is 2. The fourth-order valence-electron chi connectivity index (χ4n) is 1.98. The first-order valence-corrected chi connectivity index (χ1v) is 11.4. The predicted molar refractivity (Wildman–Crippen MR) is 126 cm³/mol. The normalized spacial score (nSPS) is 9.87. The van der Waals surface area contributed by atoms with Gasteiger partial charge in [0.15, 0.2) is 0 Å². The van der Waals surface area contributed by atoms with Gasteiger partial charge in [-0.3, -0.25) is 4.98 Å². The summed E-state index contributed by atoms with van der Waals surface area (Å²) in [5, 5.41) is 5.31. The monoisotopic (exact) mass is 451 g/mol. The number of nitrogens with one attached hydrogen (secondary N) is 2. The van der Waals surface area contributed by atoms with E-state index in [0.29, 0.717) is 13.1 Å². The summed E-state index contributed by atoms with van der Waals surface area (Å²) >= 11 is 1.44. The van der Waals surface area contributed by atoms with Crippen molar-refractivity contribution in [3.8, 4) is 0 Å². The molecule has 8 heteroatoms. The fourth-order valence-corrected chi connectivity index (χ4v) is 2.49. The van der Waals surface area contributed by atoms with Gasteiger partial charge in [0.25, 0.3) is 0 Å². The van der Waals surface area contributed by atoms with E-state index in [4.69, 9.17) is 9.47 Å². The lowest BCUT2D eigenvalue weighted by molar-refractivity contribution is 0.0526. The largest absolute Gasteiger partial charge is 0.444 e. The minimum absolute atomic E-state index is 0.233. The Morgan fingerprint density at radius 3 is 2.03 bits per heavy atom. The Morgan fingerprint density at radius 2 is 1.58 bits per heavy atom. The van der Waals surface area contributed by atoms with Crippen LogP contribution in [0.25, 0.3) is 0 Å². The lowest BCUT2D eigenvalue weighted by Gasteiger charge is -2.19. The molecule has 0 unspecified atom stereocenters. The molecule has 2 amide bonds. The summed E-state index contributed by atoms with van der Waals surface area (Å²) in [6.45, 7) is 12.8. The predicted octanol–water partition coefficient (Wildman–Crippen LogP) is 5.70. The second-order valence-electron chi connectivity index (χ2n) is 7.26. The van der Waals surface area contributed by atoms with E-state index < -0.39 is 17.8 Å². The first kappa shape index (κ1) is 28.4. The lowest BCUT2D eigenvalue weighted by Crippen LogP contribution is -2.33. The van der Waals surface area contributed by atoms with Crippen molar-refractivity contribution in [3.05, 3.63) is 52.5 Å². The second kappa shape index (κ2) is 17.1. The van der Waals surface area contributed by atoms with Gasteiger partial charge in [0, 0.05) is 19.3 Å². The first-order valence-electron chi connectivity index (χ1n) is 10.5. The van der Waals surface area contributed by atoms with Crippen LogP contribution in [0.15, 0.2) is 42.0 Å². The molecule has 1 aromatic heterocycles. The molecular formula is C23H37N3O4S. The molecule has 0 bridgehead atoms. The van der Waals surface area contributed by atoms with E-state index in [-0.39, 0.29) is 6.61 Å². The zero-order valence-electron chi connectivity index (χ0n) is 19.6. The van der Waals surface area contributed by atoms with Crippen LogP contribution < -0.4 is 10.6 Å². The molecular weight excluding hydrogens is 414 g/mol. The van der Waals surface area contributed by atoms with Crippen molar-refractivity contribution in [1.82, 2.24) is 15.6 Å². The summed E-state index contributed by atoms with van der Waals surface area (Å²) in [5.74, 6) is 0. The van der Waals surface area contributed by atoms with Crippen molar-refractivity contribution in [3.63, 3.8) is 0 Å². The van der Waals surface area contributed by atoms with Gasteiger partial charge in [-0.25, -0.2) is 9.59 Å². The number of alkyl carbamates (subject to hydrolysis) is 2. The number of aromatic nitrogens is 1. The van der Waals surface area contributed by atoms with Crippen LogP contribution in [0.5, 0.6) is 0 Å². The summed E-state index contributed by atoms with van der Waals surface area (Å²) in [7, 11) is 0. The quantitative estimate of drug-likeness (QED) is 0.527. The second-order valence-corrected chi connectivity index (χ2v) is 8.23. The number of hydrogen-bond donors (Lipinski definition) is 2. The summed E-state index contributed by atoms with van der Waals surface area (Å²) in [6.07, 6.45) is 2.28. The van der Waals surface area contributed by atoms with Gasteiger partial charge in [-0.1, -0.05) is 49.7 Å². The summed E-state index contributed by atoms with van der Waals surface area (Å²) in [5.41, 5.74) is 2.52. The molecule has 174 valence electrons. The van der Waals surface area contributed by atoms with Crippen LogP contribution in [0.1, 0.15) is 57.9 Å². The van der Waals surface area contributed by atoms with Crippen LogP contribution in [0.2, 0.25) is 0 Å². The molecule has 2 aromatic rings. The van der Waals surface area contributed by atoms with E-state index in [1.54, 1.807) is 11.7 Å². The molecule has 2 rings (SSSR count). The fraction of sp³-hybridized carbons (Fsp3) is 0.522. The highest BCUT2D eigenvalue weighted by molar-refractivity contribution is 7.09. The van der Waals surface area contributed by atoms with E-state index in [0.717, 1.165) is 17.7 Å². The summed E-state index contributed by atoms with van der Waals surface area (Å²) in [6, 6.07) is 10.3. The van der Waals surface area contributed by atoms with Gasteiger partial charge in [-0.05, 0) is 40.5 Å². The number of carbonyl (C=O) groups is 2. The van der Waals surface area contributed by atoms with E-state index >= 15 is 0 Å². The van der Waals surface area contributed by atoms with Crippen molar-refractivity contribution < 1.29 is 19.1 Å². The van der Waals surface area contributed by atoms with Crippen molar-refractivity contribution in [2.45, 2.75) is 66.6 Å². The average Bonchev–Trinajstić information content (AvgIpc) is 3.24. The van der Waals surface area contributed by atoms with Crippen LogP contribution in [0.4, 0.5) is 9.59 Å². The highest BCUT2D eigenvalue weighted by Gasteiger charge is 2.15. The standard InChI is InChI=1S/C14H23N3O4S.C7H8.C2H6/c1-14(2,3)21-13(19)17-7-5-4-6-16-12(18)20-9-11-8-15-10-22-11;1-7-5-3-2-4-6-7;1-2/h8,10H,4-7,9H2,1-3H3,(H,16,18)(H,17,19);2-6H,1H3;1-2H3. The number of nitrogens with zero attached hydrogens (tertiary/aromatic N) is 1. The van der Waals surface area contributed by atoms with Gasteiger partial charge in [-0.2, -0.15) is 0 Å². The topological polar surface area (TPSA) is 89.6 Å². The Morgan fingerprint density at radius 1 is 1.00 bits per heavy atom. The van der Waals surface area contributed by atoms with Crippen molar-refractivity contribution >= 4 is 23.5 Å². The number of hydrogen-bond acceptors (Lipinski definition) is 6. The first-order chi connectivity index (χ1) is 14.8. The molecule has 7 nitrogen and oxygen atoms in total. The van der Waals surface area contributed by atoms with Crippen LogP contribution in [-0.4, -0.2) is 35.9 Å². The Bertz CT molecular complexity index is 701. The molecule has 1 aromatic carbocycles. The van der Waals surface area contributed by atoms with Gasteiger partial charge in [0.05, 0.1) is 10.4 Å². The van der Waals surface area contributed by atoms with E-state index in [1.165, 1.54) is 16.9 Å². The average molecular weight is 452 g/mol. The van der Waals surface area contributed by atoms with Crippen molar-refractivity contribution in [2.75, 3.05) is 13.1 Å². The molecule has 0 spiro atoms.